The Morgan fingerprint density at radius 2 is 1.44 bits per heavy atom. The van der Waals surface area contributed by atoms with Crippen molar-refractivity contribution in [1.29, 1.82) is 0 Å². The van der Waals surface area contributed by atoms with E-state index in [0.29, 0.717) is 48.7 Å². The number of carbonyl (C=O) groups excluding carboxylic acids is 2. The summed E-state index contributed by atoms with van der Waals surface area (Å²) in [7, 11) is 0. The fourth-order valence-corrected chi connectivity index (χ4v) is 10.6. The molecule has 4 fully saturated rings. The molecule has 4 saturated carbocycles. The lowest BCUT2D eigenvalue weighted by Crippen LogP contribution is -2.58. The van der Waals surface area contributed by atoms with Crippen LogP contribution in [0.4, 0.5) is 0 Å². The average Bonchev–Trinajstić information content (AvgIpc) is 3.13. The number of esters is 2. The molecule has 0 aliphatic heterocycles. The summed E-state index contributed by atoms with van der Waals surface area (Å²) in [6, 6.07) is 0. The zero-order valence-corrected chi connectivity index (χ0v) is 24.3. The van der Waals surface area contributed by atoms with Gasteiger partial charge in [0.05, 0.1) is 15.8 Å². The van der Waals surface area contributed by atoms with E-state index in [0.717, 1.165) is 25.7 Å². The maximum atomic E-state index is 11.5. The van der Waals surface area contributed by atoms with E-state index in [1.807, 2.05) is 0 Å². The van der Waals surface area contributed by atoms with Gasteiger partial charge in [-0.05, 0) is 97.7 Å². The number of fused-ring (bicyclic) bond motifs is 5. The Labute approximate surface area is 221 Å². The molecule has 0 aromatic heterocycles. The fraction of sp³-hybridized carbons (Fsp3) is 0.926. The Bertz CT molecular complexity index is 776. The van der Waals surface area contributed by atoms with Crippen molar-refractivity contribution in [3.63, 3.8) is 0 Å². The third-order valence-electron chi connectivity index (χ3n) is 10.6. The van der Waals surface area contributed by atoms with Crippen LogP contribution in [0.3, 0.4) is 0 Å². The van der Waals surface area contributed by atoms with E-state index in [-0.39, 0.29) is 38.5 Å². The first-order chi connectivity index (χ1) is 16.0. The third kappa shape index (κ3) is 4.88. The second-order valence-corrected chi connectivity index (χ2v) is 14.5. The molecule has 6 unspecified atom stereocenters. The maximum Gasteiger partial charge on any atom is 0.302 e. The van der Waals surface area contributed by atoms with E-state index in [4.69, 9.17) is 9.47 Å². The summed E-state index contributed by atoms with van der Waals surface area (Å²) >= 11 is 7.66. The molecule has 0 bridgehead atoms. The van der Waals surface area contributed by atoms with Gasteiger partial charge in [-0.1, -0.05) is 45.7 Å². The molecular formula is C27H42Br2O5. The molecule has 0 heterocycles. The predicted octanol–water partition coefficient (Wildman–Crippen LogP) is 5.89. The van der Waals surface area contributed by atoms with Gasteiger partial charge in [0.1, 0.15) is 13.2 Å². The normalized spacial score (nSPS) is 45.3. The van der Waals surface area contributed by atoms with Crippen LogP contribution < -0.4 is 0 Å². The second kappa shape index (κ2) is 10.3. The Kier molecular flexibility index (Phi) is 8.17. The summed E-state index contributed by atoms with van der Waals surface area (Å²) in [6.07, 6.45) is 8.77. The quantitative estimate of drug-likeness (QED) is 0.302. The van der Waals surface area contributed by atoms with Gasteiger partial charge in [-0.25, -0.2) is 0 Å². The lowest BCUT2D eigenvalue weighted by molar-refractivity contribution is -0.165. The minimum atomic E-state index is -0.260. The number of aliphatic hydroxyl groups excluding tert-OH is 1. The van der Waals surface area contributed by atoms with Gasteiger partial charge in [-0.15, -0.1) is 0 Å². The highest BCUT2D eigenvalue weighted by Crippen LogP contribution is 2.68. The Morgan fingerprint density at radius 3 is 2.09 bits per heavy atom. The summed E-state index contributed by atoms with van der Waals surface area (Å²) in [5.41, 5.74) is 0.415. The molecule has 11 atom stereocenters. The van der Waals surface area contributed by atoms with Crippen molar-refractivity contribution in [3.8, 4) is 0 Å². The number of hydrogen-bond acceptors (Lipinski definition) is 5. The topological polar surface area (TPSA) is 72.8 Å². The highest BCUT2D eigenvalue weighted by molar-refractivity contribution is 9.09. The first kappa shape index (κ1) is 26.9. The maximum absolute atomic E-state index is 11.5. The van der Waals surface area contributed by atoms with Gasteiger partial charge in [0.25, 0.3) is 0 Å². The van der Waals surface area contributed by atoms with Gasteiger partial charge in [0.15, 0.2) is 0 Å². The van der Waals surface area contributed by atoms with Crippen LogP contribution in [-0.4, -0.2) is 46.0 Å². The smallest absolute Gasteiger partial charge is 0.302 e. The second-order valence-electron chi connectivity index (χ2n) is 12.2. The van der Waals surface area contributed by atoms with E-state index < -0.39 is 0 Å². The van der Waals surface area contributed by atoms with E-state index >= 15 is 0 Å². The van der Waals surface area contributed by atoms with E-state index in [1.54, 1.807) is 0 Å². The lowest BCUT2D eigenvalue weighted by Gasteiger charge is -2.62. The number of alkyl halides is 2. The molecule has 194 valence electrons. The van der Waals surface area contributed by atoms with Gasteiger partial charge in [0.2, 0.25) is 0 Å². The molecule has 0 amide bonds. The number of halogens is 2. The third-order valence-corrected chi connectivity index (χ3v) is 12.5. The van der Waals surface area contributed by atoms with Gasteiger partial charge < -0.3 is 14.6 Å². The minimum absolute atomic E-state index is 0.157. The van der Waals surface area contributed by atoms with Crippen molar-refractivity contribution in [2.75, 3.05) is 13.2 Å². The van der Waals surface area contributed by atoms with Crippen LogP contribution in [0.15, 0.2) is 0 Å². The monoisotopic (exact) mass is 604 g/mol. The SMILES string of the molecule is CC(=O)OCC(Br)C1CC[C@@]2(C)C(C1)C(O)C[C@@H]1[C@H]2CC[C@]2(C)C(C(Br)COC(C)=O)CC[C@@H]12. The summed E-state index contributed by atoms with van der Waals surface area (Å²) in [4.78, 5) is 23.0. The summed E-state index contributed by atoms with van der Waals surface area (Å²) in [6.45, 7) is 8.73. The van der Waals surface area contributed by atoms with Crippen LogP contribution in [-0.2, 0) is 19.1 Å². The number of rotatable bonds is 6. The zero-order valence-electron chi connectivity index (χ0n) is 21.1. The zero-order chi connectivity index (χ0) is 24.8. The molecule has 4 rings (SSSR count). The van der Waals surface area contributed by atoms with Crippen molar-refractivity contribution in [2.45, 2.75) is 94.8 Å². The number of hydrogen-bond donors (Lipinski definition) is 1. The lowest BCUT2D eigenvalue weighted by atomic mass is 9.43. The fourth-order valence-electron chi connectivity index (χ4n) is 8.94. The number of carbonyl (C=O) groups is 2. The van der Waals surface area contributed by atoms with Crippen LogP contribution in [0.5, 0.6) is 0 Å². The minimum Gasteiger partial charge on any atom is -0.465 e. The van der Waals surface area contributed by atoms with Crippen LogP contribution in [0.25, 0.3) is 0 Å². The molecule has 0 aromatic carbocycles. The van der Waals surface area contributed by atoms with Crippen molar-refractivity contribution in [1.82, 2.24) is 0 Å². The van der Waals surface area contributed by atoms with E-state index in [2.05, 4.69) is 45.7 Å². The molecule has 4 aliphatic carbocycles. The molecule has 5 nitrogen and oxygen atoms in total. The highest BCUT2D eigenvalue weighted by atomic mass is 79.9. The molecule has 0 saturated heterocycles. The molecule has 0 radical (unpaired) electrons. The van der Waals surface area contributed by atoms with Crippen molar-refractivity contribution >= 4 is 43.8 Å². The molecule has 34 heavy (non-hydrogen) atoms. The van der Waals surface area contributed by atoms with Gasteiger partial charge >= 0.3 is 11.9 Å². The molecule has 0 spiro atoms. The standard InChI is InChI=1S/C27H42Br2O5/c1-15(30)33-13-23(28)17-7-9-27(4)20-8-10-26(3)19(18(20)12-25(32)22(27)11-17)5-6-21(26)24(29)14-34-16(2)31/h17-25,32H,5-14H2,1-4H3/t17?,18-,19-,20+,21?,22?,23?,24?,25?,26-,27+/m0/s1. The Morgan fingerprint density at radius 1 is 0.853 bits per heavy atom. The van der Waals surface area contributed by atoms with Crippen LogP contribution in [0.1, 0.15) is 79.1 Å². The molecule has 4 aliphatic rings. The molecule has 0 aromatic rings. The van der Waals surface area contributed by atoms with Gasteiger partial charge in [0, 0.05) is 13.8 Å². The molecular weight excluding hydrogens is 564 g/mol. The largest absolute Gasteiger partial charge is 0.465 e. The Balaban J connectivity index is 1.47. The van der Waals surface area contributed by atoms with Crippen LogP contribution >= 0.6 is 31.9 Å². The predicted molar refractivity (Wildman–Crippen MR) is 139 cm³/mol. The summed E-state index contributed by atoms with van der Waals surface area (Å²) < 4.78 is 10.6. The first-order valence-corrected chi connectivity index (χ1v) is 15.0. The van der Waals surface area contributed by atoms with Gasteiger partial charge in [-0.2, -0.15) is 0 Å². The van der Waals surface area contributed by atoms with Crippen LogP contribution in [0.2, 0.25) is 0 Å². The first-order valence-electron chi connectivity index (χ1n) is 13.2. The summed E-state index contributed by atoms with van der Waals surface area (Å²) in [5, 5.41) is 11.5. The Hall–Kier alpha value is -0.140. The summed E-state index contributed by atoms with van der Waals surface area (Å²) in [5.74, 6) is 2.69. The van der Waals surface area contributed by atoms with Crippen molar-refractivity contribution < 1.29 is 24.2 Å². The van der Waals surface area contributed by atoms with E-state index in [1.165, 1.54) is 39.5 Å². The molecule has 1 N–H and O–H groups in total. The van der Waals surface area contributed by atoms with Crippen LogP contribution in [0, 0.1) is 46.3 Å². The van der Waals surface area contributed by atoms with E-state index in [9.17, 15) is 14.7 Å². The van der Waals surface area contributed by atoms with Crippen molar-refractivity contribution in [2.24, 2.45) is 46.3 Å². The number of ether oxygens (including phenoxy) is 2. The number of aliphatic hydroxyl groups is 1. The highest BCUT2D eigenvalue weighted by Gasteiger charge is 2.62. The van der Waals surface area contributed by atoms with Crippen molar-refractivity contribution in [3.05, 3.63) is 0 Å². The molecule has 7 heteroatoms. The van der Waals surface area contributed by atoms with Gasteiger partial charge in [-0.3, -0.25) is 9.59 Å². The average molecular weight is 606 g/mol.